The monoisotopic (exact) mass is 314 g/mol. The summed E-state index contributed by atoms with van der Waals surface area (Å²) in [7, 11) is -4.94. The fraction of sp³-hybridized carbons (Fsp3) is 0.357. The van der Waals surface area contributed by atoms with E-state index >= 15 is 0 Å². The highest BCUT2D eigenvalue weighted by atomic mass is 35.7. The van der Waals surface area contributed by atoms with Gasteiger partial charge in [-0.3, -0.25) is 0 Å². The van der Waals surface area contributed by atoms with E-state index in [2.05, 4.69) is 0 Å². The van der Waals surface area contributed by atoms with Crippen molar-refractivity contribution in [2.45, 2.75) is 31.8 Å². The van der Waals surface area contributed by atoms with Gasteiger partial charge in [-0.15, -0.1) is 10.2 Å². The summed E-state index contributed by atoms with van der Waals surface area (Å²) in [6.45, 7) is 0. The second-order valence-electron chi connectivity index (χ2n) is 4.68. The number of benzene rings is 1. The van der Waals surface area contributed by atoms with E-state index in [-0.39, 0.29) is 0 Å². The molecule has 1 aromatic carbocycles. The van der Waals surface area contributed by atoms with E-state index in [4.69, 9.17) is 27.8 Å². The lowest BCUT2D eigenvalue weighted by Gasteiger charge is -2.17. The third kappa shape index (κ3) is 5.45. The lowest BCUT2D eigenvalue weighted by Crippen LogP contribution is -2.68. The van der Waals surface area contributed by atoms with Crippen LogP contribution in [0, 0.1) is 10.2 Å². The molecule has 0 aliphatic heterocycles. The molecule has 6 nitrogen and oxygen atoms in total. The van der Waals surface area contributed by atoms with Crippen molar-refractivity contribution in [1.29, 1.82) is 0 Å². The second-order valence-corrected chi connectivity index (χ2v) is 5.44. The number of rotatable bonds is 2. The van der Waals surface area contributed by atoms with Crippen LogP contribution < -0.4 is 23.4 Å². The number of para-hydroxylation sites is 1. The molecule has 7 heteroatoms. The zero-order valence-electron chi connectivity index (χ0n) is 11.2. The maximum atomic E-state index is 8.49. The minimum Gasteiger partial charge on any atom is -0.489 e. The van der Waals surface area contributed by atoms with Gasteiger partial charge in [-0.25, -0.2) is 23.1 Å². The quantitative estimate of drug-likeness (QED) is 0.676. The van der Waals surface area contributed by atoms with E-state index < -0.39 is 10.2 Å². The molecule has 1 aliphatic rings. The molecule has 0 spiro atoms. The first-order valence-corrected chi connectivity index (χ1v) is 7.75. The minimum absolute atomic E-state index is 0.394. The first-order chi connectivity index (χ1) is 9.93. The van der Waals surface area contributed by atoms with E-state index in [9.17, 15) is 0 Å². The molecule has 1 aromatic heterocycles. The third-order valence-electron chi connectivity index (χ3n) is 3.16. The Morgan fingerprint density at radius 3 is 2.29 bits per heavy atom. The van der Waals surface area contributed by atoms with Crippen LogP contribution in [0.3, 0.4) is 0 Å². The fourth-order valence-electron chi connectivity index (χ4n) is 2.32. The summed E-state index contributed by atoms with van der Waals surface area (Å²) >= 11 is 0. The fourth-order valence-corrected chi connectivity index (χ4v) is 2.32. The van der Waals surface area contributed by atoms with E-state index in [1.165, 1.54) is 25.7 Å². The normalized spacial score (nSPS) is 15.6. The van der Waals surface area contributed by atoms with Crippen molar-refractivity contribution in [2.24, 2.45) is 0 Å². The topological polar surface area (TPSA) is 113 Å². The Hall–Kier alpha value is -1.44. The van der Waals surface area contributed by atoms with Crippen LogP contribution in [0.25, 0.3) is 11.0 Å². The Balaban J connectivity index is 0.000000282. The van der Waals surface area contributed by atoms with Crippen LogP contribution in [0.2, 0.25) is 0 Å². The average molecular weight is 315 g/mol. The second kappa shape index (κ2) is 7.02. The minimum atomic E-state index is -4.94. The van der Waals surface area contributed by atoms with Gasteiger partial charge in [0.1, 0.15) is 11.1 Å². The van der Waals surface area contributed by atoms with Crippen LogP contribution >= 0.6 is 0 Å². The molecule has 1 fully saturated rings. The first kappa shape index (κ1) is 15.9. The van der Waals surface area contributed by atoms with Crippen molar-refractivity contribution in [1.82, 2.24) is 0 Å². The molecule has 21 heavy (non-hydrogen) atoms. The summed E-state index contributed by atoms with van der Waals surface area (Å²) in [6.07, 6.45) is 7.04. The van der Waals surface area contributed by atoms with Gasteiger partial charge in [-0.05, 0) is 31.7 Å². The van der Waals surface area contributed by atoms with Crippen molar-refractivity contribution >= 4 is 11.0 Å². The summed E-state index contributed by atoms with van der Waals surface area (Å²) in [5, 5.41) is 1.07. The Kier molecular flexibility index (Phi) is 5.33. The zero-order chi connectivity index (χ0) is 15.3. The van der Waals surface area contributed by atoms with Crippen molar-refractivity contribution in [3.63, 3.8) is 0 Å². The molecule has 0 radical (unpaired) electrons. The van der Waals surface area contributed by atoms with Gasteiger partial charge >= 0.3 is 11.8 Å². The van der Waals surface area contributed by atoms with Gasteiger partial charge in [0.15, 0.2) is 0 Å². The molecule has 0 amide bonds. The molecule has 0 unspecified atom stereocenters. The van der Waals surface area contributed by atoms with Crippen molar-refractivity contribution in [3.8, 4) is 5.75 Å². The van der Waals surface area contributed by atoms with Gasteiger partial charge in [0, 0.05) is 6.07 Å². The largest absolute Gasteiger partial charge is 0.489 e. The summed E-state index contributed by atoms with van der Waals surface area (Å²) in [5.74, 6) is 0.953. The number of halogens is 1. The van der Waals surface area contributed by atoms with E-state index in [1.807, 2.05) is 30.3 Å². The predicted molar refractivity (Wildman–Crippen MR) is 63.5 cm³/mol. The molecule has 0 bridgehead atoms. The standard InChI is InChI=1S/C14H15O2.ClHO4/c1-2-6-11(5-1)16-14-9-10-15-13-8-4-3-7-12(13)14;2-1(3,4)5/h3-4,7-11H,1-2,5-6H2;(H,2,3,4,5)/q+1;/p-1. The third-order valence-corrected chi connectivity index (χ3v) is 3.16. The van der Waals surface area contributed by atoms with Crippen LogP contribution in [0.5, 0.6) is 5.75 Å². The molecule has 0 saturated heterocycles. The lowest BCUT2D eigenvalue weighted by molar-refractivity contribution is -2.00. The SMILES string of the molecule is [O-][Cl+3]([O-])([O-])[O-].c1ccc2c(OC3CCCC3)cc[o+]c2c1. The molecule has 114 valence electrons. The highest BCUT2D eigenvalue weighted by Gasteiger charge is 2.19. The molecular weight excluding hydrogens is 300 g/mol. The van der Waals surface area contributed by atoms with Gasteiger partial charge in [-0.2, -0.15) is 0 Å². The van der Waals surface area contributed by atoms with Crippen LogP contribution in [-0.2, 0) is 0 Å². The van der Waals surface area contributed by atoms with E-state index in [1.54, 1.807) is 6.26 Å². The van der Waals surface area contributed by atoms with Crippen molar-refractivity contribution in [2.75, 3.05) is 0 Å². The van der Waals surface area contributed by atoms with Crippen molar-refractivity contribution < 1.29 is 38.0 Å². The molecule has 1 aliphatic carbocycles. The summed E-state index contributed by atoms with van der Waals surface area (Å²) in [4.78, 5) is 0. The first-order valence-electron chi connectivity index (χ1n) is 6.51. The maximum Gasteiger partial charge on any atom is 0.363 e. The smallest absolute Gasteiger partial charge is 0.363 e. The Bertz CT molecular complexity index is 566. The molecule has 3 rings (SSSR count). The Morgan fingerprint density at radius 1 is 1.00 bits per heavy atom. The van der Waals surface area contributed by atoms with Gasteiger partial charge in [0.05, 0.1) is 12.2 Å². The van der Waals surface area contributed by atoms with Gasteiger partial charge in [0.2, 0.25) is 0 Å². The van der Waals surface area contributed by atoms with Crippen LogP contribution in [0.4, 0.5) is 0 Å². The number of hydrogen-bond donors (Lipinski definition) is 0. The number of ether oxygens (including phenoxy) is 1. The number of fused-ring (bicyclic) bond motifs is 1. The number of hydrogen-bond acceptors (Lipinski definition) is 5. The van der Waals surface area contributed by atoms with E-state index in [0.29, 0.717) is 6.10 Å². The zero-order valence-corrected chi connectivity index (χ0v) is 12.0. The summed E-state index contributed by atoms with van der Waals surface area (Å²) in [6, 6.07) is 9.92. The average Bonchev–Trinajstić information content (AvgIpc) is 2.90. The van der Waals surface area contributed by atoms with Crippen LogP contribution in [0.15, 0.2) is 41.0 Å². The molecule has 2 aromatic rings. The van der Waals surface area contributed by atoms with Gasteiger partial charge < -0.3 is 4.74 Å². The molecule has 0 N–H and O–H groups in total. The predicted octanol–water partition coefficient (Wildman–Crippen LogP) is -0.721. The lowest BCUT2D eigenvalue weighted by atomic mass is 10.2. The van der Waals surface area contributed by atoms with E-state index in [0.717, 1.165) is 16.7 Å². The summed E-state index contributed by atoms with van der Waals surface area (Å²) in [5.41, 5.74) is 0.887. The summed E-state index contributed by atoms with van der Waals surface area (Å²) < 4.78 is 45.4. The highest BCUT2D eigenvalue weighted by molar-refractivity contribution is 5.82. The Labute approximate surface area is 123 Å². The maximum absolute atomic E-state index is 8.49. The molecule has 0 atom stereocenters. The highest BCUT2D eigenvalue weighted by Crippen LogP contribution is 2.29. The van der Waals surface area contributed by atoms with Gasteiger partial charge in [-0.1, -0.05) is 12.1 Å². The molecule has 1 saturated carbocycles. The molecule has 1 heterocycles. The van der Waals surface area contributed by atoms with Gasteiger partial charge in [0.25, 0.3) is 0 Å². The van der Waals surface area contributed by atoms with Crippen molar-refractivity contribution in [3.05, 3.63) is 36.6 Å². The van der Waals surface area contributed by atoms with Crippen LogP contribution in [-0.4, -0.2) is 6.10 Å². The Morgan fingerprint density at radius 2 is 1.62 bits per heavy atom. The van der Waals surface area contributed by atoms with Crippen LogP contribution in [0.1, 0.15) is 25.7 Å². The molecular formula is C14H15ClO6.